The number of hydrogen-bond acceptors (Lipinski definition) is 7. The number of nitrogens with one attached hydrogen (secondary N) is 1. The Hall–Kier alpha value is -3.55. The number of nitrogens with two attached hydrogens (primary N) is 1. The van der Waals surface area contributed by atoms with E-state index in [0.29, 0.717) is 41.3 Å². The van der Waals surface area contributed by atoms with E-state index in [-0.39, 0.29) is 0 Å². The van der Waals surface area contributed by atoms with E-state index in [1.807, 2.05) is 49.5 Å². The van der Waals surface area contributed by atoms with E-state index in [0.717, 1.165) is 59.6 Å². The van der Waals surface area contributed by atoms with Gasteiger partial charge in [-0.2, -0.15) is 0 Å². The maximum absolute atomic E-state index is 6.55. The summed E-state index contributed by atoms with van der Waals surface area (Å²) in [6, 6.07) is 15.4. The van der Waals surface area contributed by atoms with Gasteiger partial charge in [0.05, 0.1) is 22.8 Å². The summed E-state index contributed by atoms with van der Waals surface area (Å²) < 4.78 is 17.0. The van der Waals surface area contributed by atoms with Crippen LogP contribution < -0.4 is 20.5 Å². The molecule has 0 amide bonds. The minimum atomic E-state index is 0.393. The van der Waals surface area contributed by atoms with Crippen LogP contribution in [-0.2, 0) is 11.3 Å². The third-order valence-corrected chi connectivity index (χ3v) is 6.56. The van der Waals surface area contributed by atoms with Gasteiger partial charge in [0, 0.05) is 65.6 Å². The van der Waals surface area contributed by atoms with Gasteiger partial charge in [0.1, 0.15) is 18.1 Å². The van der Waals surface area contributed by atoms with Gasteiger partial charge in [0.25, 0.3) is 0 Å². The van der Waals surface area contributed by atoms with Crippen LogP contribution in [0.15, 0.2) is 60.9 Å². The number of anilines is 3. The molecule has 4 aromatic rings. The summed E-state index contributed by atoms with van der Waals surface area (Å²) >= 11 is 6.55. The highest BCUT2D eigenvalue weighted by Gasteiger charge is 2.17. The fourth-order valence-corrected chi connectivity index (χ4v) is 4.58. The number of halogens is 1. The summed E-state index contributed by atoms with van der Waals surface area (Å²) in [5.41, 5.74) is 11.4. The lowest BCUT2D eigenvalue weighted by Crippen LogP contribution is -2.15. The Labute approximate surface area is 215 Å². The third-order valence-electron chi connectivity index (χ3n) is 6.27. The Morgan fingerprint density at radius 1 is 1.03 bits per heavy atom. The molecular weight excluding hydrogens is 476 g/mol. The van der Waals surface area contributed by atoms with Gasteiger partial charge in [-0.15, -0.1) is 0 Å². The topological polar surface area (TPSA) is 91.5 Å². The molecule has 1 saturated heterocycles. The first-order valence-electron chi connectivity index (χ1n) is 12.1. The number of fused-ring (bicyclic) bond motifs is 1. The van der Waals surface area contributed by atoms with Gasteiger partial charge in [-0.05, 0) is 56.2 Å². The number of ether oxygens (including phenoxy) is 3. The second-order valence-electron chi connectivity index (χ2n) is 8.74. The SMILES string of the molecule is CCOc1cc2nccc(Nc3ccc(OCc4ccc(C5CCOCC5)nc4)c(Cl)c3)c2cc1N. The number of nitrogen functional groups attached to an aromatic ring is 1. The van der Waals surface area contributed by atoms with Crippen LogP contribution in [0.3, 0.4) is 0 Å². The van der Waals surface area contributed by atoms with E-state index in [4.69, 9.17) is 31.5 Å². The van der Waals surface area contributed by atoms with Gasteiger partial charge in [0.2, 0.25) is 0 Å². The smallest absolute Gasteiger partial charge is 0.144 e. The lowest BCUT2D eigenvalue weighted by molar-refractivity contribution is 0.0845. The maximum Gasteiger partial charge on any atom is 0.144 e. The van der Waals surface area contributed by atoms with E-state index >= 15 is 0 Å². The monoisotopic (exact) mass is 504 g/mol. The Bertz CT molecular complexity index is 1340. The van der Waals surface area contributed by atoms with Crippen molar-refractivity contribution < 1.29 is 14.2 Å². The molecule has 1 fully saturated rings. The first-order chi connectivity index (χ1) is 17.6. The average molecular weight is 505 g/mol. The van der Waals surface area contributed by atoms with Crippen LogP contribution in [0.1, 0.15) is 36.9 Å². The van der Waals surface area contributed by atoms with Crippen molar-refractivity contribution >= 4 is 39.6 Å². The zero-order valence-electron chi connectivity index (χ0n) is 20.2. The van der Waals surface area contributed by atoms with Gasteiger partial charge < -0.3 is 25.3 Å². The molecule has 0 spiro atoms. The van der Waals surface area contributed by atoms with Crippen molar-refractivity contribution in [2.24, 2.45) is 0 Å². The van der Waals surface area contributed by atoms with Crippen molar-refractivity contribution in [3.8, 4) is 11.5 Å². The highest BCUT2D eigenvalue weighted by molar-refractivity contribution is 6.32. The van der Waals surface area contributed by atoms with Crippen molar-refractivity contribution in [3.63, 3.8) is 0 Å². The second-order valence-corrected chi connectivity index (χ2v) is 9.14. The number of hydrogen-bond donors (Lipinski definition) is 2. The van der Waals surface area contributed by atoms with Crippen molar-refractivity contribution in [3.05, 3.63) is 77.2 Å². The number of nitrogens with zero attached hydrogens (tertiary/aromatic N) is 2. The summed E-state index contributed by atoms with van der Waals surface area (Å²) in [6.45, 7) is 4.47. The van der Waals surface area contributed by atoms with E-state index in [2.05, 4.69) is 27.4 Å². The van der Waals surface area contributed by atoms with Crippen LogP contribution in [-0.4, -0.2) is 29.8 Å². The van der Waals surface area contributed by atoms with Crippen LogP contribution in [0.25, 0.3) is 10.9 Å². The third kappa shape index (κ3) is 5.48. The Morgan fingerprint density at radius 3 is 2.64 bits per heavy atom. The second kappa shape index (κ2) is 11.0. The van der Waals surface area contributed by atoms with E-state index in [9.17, 15) is 0 Å². The molecule has 3 N–H and O–H groups in total. The first-order valence-corrected chi connectivity index (χ1v) is 12.5. The molecule has 1 aliphatic rings. The lowest BCUT2D eigenvalue weighted by Gasteiger charge is -2.21. The first kappa shape index (κ1) is 24.2. The molecule has 0 unspecified atom stereocenters. The summed E-state index contributed by atoms with van der Waals surface area (Å²) in [7, 11) is 0. The predicted octanol–water partition coefficient (Wildman–Crippen LogP) is 6.48. The lowest BCUT2D eigenvalue weighted by atomic mass is 9.96. The molecule has 186 valence electrons. The molecule has 0 saturated carbocycles. The van der Waals surface area contributed by atoms with Crippen LogP contribution in [0.4, 0.5) is 17.1 Å². The summed E-state index contributed by atoms with van der Waals surface area (Å²) in [5.74, 6) is 1.72. The van der Waals surface area contributed by atoms with Gasteiger partial charge in [-0.1, -0.05) is 17.7 Å². The molecule has 8 heteroatoms. The molecule has 0 bridgehead atoms. The Morgan fingerprint density at radius 2 is 1.89 bits per heavy atom. The number of benzene rings is 2. The number of pyridine rings is 2. The molecule has 3 heterocycles. The van der Waals surface area contributed by atoms with E-state index < -0.39 is 0 Å². The fourth-order valence-electron chi connectivity index (χ4n) is 4.35. The zero-order valence-corrected chi connectivity index (χ0v) is 20.9. The molecule has 5 rings (SSSR count). The van der Waals surface area contributed by atoms with Crippen molar-refractivity contribution in [2.75, 3.05) is 30.9 Å². The van der Waals surface area contributed by atoms with Crippen LogP contribution in [0, 0.1) is 0 Å². The molecule has 0 radical (unpaired) electrons. The molecular formula is C28H29ClN4O3. The molecule has 0 atom stereocenters. The largest absolute Gasteiger partial charge is 0.492 e. The van der Waals surface area contributed by atoms with Crippen molar-refractivity contribution in [1.82, 2.24) is 9.97 Å². The standard InChI is InChI=1S/C28H29ClN4O3/c1-2-35-28-15-26-21(14-23(28)30)25(7-10-31-26)33-20-4-6-27(22(29)13-20)36-17-18-3-5-24(32-16-18)19-8-11-34-12-9-19/h3-7,10,13-16,19H,2,8-9,11-12,17,30H2,1H3,(H,31,33). The van der Waals surface area contributed by atoms with E-state index in [1.165, 1.54) is 0 Å². The normalized spacial score (nSPS) is 14.1. The quantitative estimate of drug-likeness (QED) is 0.265. The highest BCUT2D eigenvalue weighted by atomic mass is 35.5. The minimum absolute atomic E-state index is 0.393. The molecule has 7 nitrogen and oxygen atoms in total. The highest BCUT2D eigenvalue weighted by Crippen LogP contribution is 2.34. The Balaban J connectivity index is 1.25. The summed E-state index contributed by atoms with van der Waals surface area (Å²) in [6.07, 6.45) is 5.68. The maximum atomic E-state index is 6.55. The number of rotatable bonds is 8. The van der Waals surface area contributed by atoms with Gasteiger partial charge in [0.15, 0.2) is 0 Å². The Kier molecular flexibility index (Phi) is 7.39. The predicted molar refractivity (Wildman–Crippen MR) is 143 cm³/mol. The van der Waals surface area contributed by atoms with Gasteiger partial charge >= 0.3 is 0 Å². The molecule has 0 aliphatic carbocycles. The van der Waals surface area contributed by atoms with Crippen LogP contribution in [0.5, 0.6) is 11.5 Å². The molecule has 2 aromatic heterocycles. The van der Waals surface area contributed by atoms with Gasteiger partial charge in [-0.25, -0.2) is 0 Å². The summed E-state index contributed by atoms with van der Waals surface area (Å²) in [5, 5.41) is 4.82. The van der Waals surface area contributed by atoms with Gasteiger partial charge in [-0.3, -0.25) is 9.97 Å². The van der Waals surface area contributed by atoms with Crippen molar-refractivity contribution in [2.45, 2.75) is 32.3 Å². The van der Waals surface area contributed by atoms with Crippen LogP contribution >= 0.6 is 11.6 Å². The fraction of sp³-hybridized carbons (Fsp3) is 0.286. The zero-order chi connectivity index (χ0) is 24.9. The molecule has 1 aliphatic heterocycles. The average Bonchev–Trinajstić information content (AvgIpc) is 2.90. The van der Waals surface area contributed by atoms with Crippen LogP contribution in [0.2, 0.25) is 5.02 Å². The minimum Gasteiger partial charge on any atom is -0.492 e. The van der Waals surface area contributed by atoms with Crippen molar-refractivity contribution in [1.29, 1.82) is 0 Å². The van der Waals surface area contributed by atoms with E-state index in [1.54, 1.807) is 6.20 Å². The number of aromatic nitrogens is 2. The summed E-state index contributed by atoms with van der Waals surface area (Å²) in [4.78, 5) is 9.10. The molecule has 36 heavy (non-hydrogen) atoms. The molecule has 2 aromatic carbocycles.